The van der Waals surface area contributed by atoms with E-state index < -0.39 is 5.60 Å². The van der Waals surface area contributed by atoms with Gasteiger partial charge >= 0.3 is 0 Å². The summed E-state index contributed by atoms with van der Waals surface area (Å²) in [5.41, 5.74) is 9.67. The van der Waals surface area contributed by atoms with Crippen LogP contribution >= 0.6 is 0 Å². The van der Waals surface area contributed by atoms with Gasteiger partial charge in [-0.2, -0.15) is 5.10 Å². The van der Waals surface area contributed by atoms with E-state index in [0.29, 0.717) is 6.54 Å². The zero-order valence-electron chi connectivity index (χ0n) is 16.2. The fourth-order valence-electron chi connectivity index (χ4n) is 3.84. The van der Waals surface area contributed by atoms with Crippen molar-refractivity contribution in [2.45, 2.75) is 31.5 Å². The van der Waals surface area contributed by atoms with Gasteiger partial charge in [-0.05, 0) is 18.4 Å². The van der Waals surface area contributed by atoms with E-state index in [4.69, 9.17) is 10.8 Å². The largest absolute Gasteiger partial charge is 0.388 e. The highest BCUT2D eigenvalue weighted by Crippen LogP contribution is 2.27. The van der Waals surface area contributed by atoms with Crippen molar-refractivity contribution < 1.29 is 5.11 Å². The maximum atomic E-state index is 10.4. The van der Waals surface area contributed by atoms with Gasteiger partial charge in [-0.25, -0.2) is 0 Å². The van der Waals surface area contributed by atoms with Crippen molar-refractivity contribution >= 4 is 0 Å². The molecule has 0 saturated carbocycles. The number of aliphatic hydroxyl groups is 1. The Kier molecular flexibility index (Phi) is 5.57. The lowest BCUT2D eigenvalue weighted by Crippen LogP contribution is -2.48. The van der Waals surface area contributed by atoms with Gasteiger partial charge in [0, 0.05) is 43.5 Å². The molecular formula is C23H28N4O. The molecule has 0 aliphatic carbocycles. The minimum Gasteiger partial charge on any atom is -0.388 e. The smallest absolute Gasteiger partial charge is 0.0968 e. The molecular weight excluding hydrogens is 348 g/mol. The van der Waals surface area contributed by atoms with Gasteiger partial charge in [0.2, 0.25) is 0 Å². The SMILES string of the molecule is NCC1(O)CCN(Cc2cn(Cc3ccccc3)nc2-c2ccccc2)CC1. The Labute approximate surface area is 166 Å². The van der Waals surface area contributed by atoms with E-state index in [1.165, 1.54) is 11.1 Å². The van der Waals surface area contributed by atoms with Gasteiger partial charge in [0.05, 0.1) is 17.8 Å². The van der Waals surface area contributed by atoms with Crippen molar-refractivity contribution in [2.24, 2.45) is 5.73 Å². The summed E-state index contributed by atoms with van der Waals surface area (Å²) in [7, 11) is 0. The molecule has 28 heavy (non-hydrogen) atoms. The third kappa shape index (κ3) is 4.33. The Balaban J connectivity index is 1.56. The van der Waals surface area contributed by atoms with Crippen molar-refractivity contribution in [1.29, 1.82) is 0 Å². The molecule has 1 aliphatic rings. The third-order valence-corrected chi connectivity index (χ3v) is 5.63. The van der Waals surface area contributed by atoms with Crippen LogP contribution in [-0.4, -0.2) is 45.0 Å². The minimum atomic E-state index is -0.698. The third-order valence-electron chi connectivity index (χ3n) is 5.63. The lowest BCUT2D eigenvalue weighted by atomic mass is 9.91. The molecule has 1 aliphatic heterocycles. The lowest BCUT2D eigenvalue weighted by molar-refractivity contribution is -0.0153. The van der Waals surface area contributed by atoms with Gasteiger partial charge in [0.25, 0.3) is 0 Å². The molecule has 1 fully saturated rings. The quantitative estimate of drug-likeness (QED) is 0.694. The molecule has 0 unspecified atom stereocenters. The van der Waals surface area contributed by atoms with E-state index in [1.807, 2.05) is 16.8 Å². The predicted octanol–water partition coefficient (Wildman–Crippen LogP) is 2.88. The maximum Gasteiger partial charge on any atom is 0.0968 e. The molecule has 4 rings (SSSR count). The molecule has 5 nitrogen and oxygen atoms in total. The molecule has 2 heterocycles. The minimum absolute atomic E-state index is 0.338. The van der Waals surface area contributed by atoms with Crippen molar-refractivity contribution in [3.63, 3.8) is 0 Å². The van der Waals surface area contributed by atoms with Crippen LogP contribution in [0.4, 0.5) is 0 Å². The average molecular weight is 377 g/mol. The van der Waals surface area contributed by atoms with Crippen LogP contribution in [0.25, 0.3) is 11.3 Å². The van der Waals surface area contributed by atoms with Gasteiger partial charge in [0.1, 0.15) is 0 Å². The van der Waals surface area contributed by atoms with Crippen LogP contribution < -0.4 is 5.73 Å². The molecule has 0 atom stereocenters. The number of nitrogens with zero attached hydrogens (tertiary/aromatic N) is 3. The van der Waals surface area contributed by atoms with Gasteiger partial charge in [-0.15, -0.1) is 0 Å². The van der Waals surface area contributed by atoms with Crippen LogP contribution in [0.3, 0.4) is 0 Å². The van der Waals surface area contributed by atoms with Crippen molar-refractivity contribution in [1.82, 2.24) is 14.7 Å². The number of benzene rings is 2. The maximum absolute atomic E-state index is 10.4. The van der Waals surface area contributed by atoms with Crippen molar-refractivity contribution in [2.75, 3.05) is 19.6 Å². The first-order chi connectivity index (χ1) is 13.6. The Hall–Kier alpha value is -2.47. The summed E-state index contributed by atoms with van der Waals surface area (Å²) >= 11 is 0. The van der Waals surface area contributed by atoms with E-state index in [9.17, 15) is 5.11 Å². The fraction of sp³-hybridized carbons (Fsp3) is 0.348. The van der Waals surface area contributed by atoms with E-state index >= 15 is 0 Å². The highest BCUT2D eigenvalue weighted by Gasteiger charge is 2.31. The van der Waals surface area contributed by atoms with E-state index in [0.717, 1.165) is 50.3 Å². The molecule has 0 spiro atoms. The summed E-state index contributed by atoms with van der Waals surface area (Å²) in [5, 5.41) is 15.3. The number of hydrogen-bond acceptors (Lipinski definition) is 4. The summed E-state index contributed by atoms with van der Waals surface area (Å²) in [5.74, 6) is 0. The van der Waals surface area contributed by atoms with Gasteiger partial charge in [-0.3, -0.25) is 9.58 Å². The predicted molar refractivity (Wildman–Crippen MR) is 112 cm³/mol. The zero-order chi connectivity index (χ0) is 19.4. The number of hydrogen-bond donors (Lipinski definition) is 2. The van der Waals surface area contributed by atoms with Crippen LogP contribution in [0, 0.1) is 0 Å². The molecule has 0 amide bonds. The lowest BCUT2D eigenvalue weighted by Gasteiger charge is -2.37. The Bertz CT molecular complexity index is 883. The number of rotatable bonds is 6. The standard InChI is InChI=1S/C23H28N4O/c24-18-23(28)11-13-26(14-12-23)16-21-17-27(15-19-7-3-1-4-8-19)25-22(21)20-9-5-2-6-10-20/h1-10,17,28H,11-16,18,24H2. The highest BCUT2D eigenvalue weighted by atomic mass is 16.3. The second kappa shape index (κ2) is 8.27. The Morgan fingerprint density at radius 3 is 2.21 bits per heavy atom. The van der Waals surface area contributed by atoms with Gasteiger partial charge < -0.3 is 10.8 Å². The fourth-order valence-corrected chi connectivity index (χ4v) is 3.84. The Morgan fingerprint density at radius 1 is 0.929 bits per heavy atom. The second-order valence-corrected chi connectivity index (χ2v) is 7.76. The second-order valence-electron chi connectivity index (χ2n) is 7.76. The summed E-state index contributed by atoms with van der Waals surface area (Å²) in [6, 6.07) is 20.8. The summed E-state index contributed by atoms with van der Waals surface area (Å²) in [6.45, 7) is 3.63. The summed E-state index contributed by atoms with van der Waals surface area (Å²) in [4.78, 5) is 2.39. The number of nitrogens with two attached hydrogens (primary N) is 1. The van der Waals surface area contributed by atoms with E-state index in [-0.39, 0.29) is 0 Å². The monoisotopic (exact) mass is 376 g/mol. The molecule has 3 N–H and O–H groups in total. The summed E-state index contributed by atoms with van der Waals surface area (Å²) in [6.07, 6.45) is 3.61. The molecule has 0 radical (unpaired) electrons. The normalized spacial score (nSPS) is 16.9. The molecule has 3 aromatic rings. The average Bonchev–Trinajstić information content (AvgIpc) is 3.13. The van der Waals surface area contributed by atoms with E-state index in [2.05, 4.69) is 59.6 Å². The first-order valence-electron chi connectivity index (χ1n) is 9.96. The number of aromatic nitrogens is 2. The topological polar surface area (TPSA) is 67.3 Å². The number of likely N-dealkylation sites (tertiary alicyclic amines) is 1. The number of piperidine rings is 1. The van der Waals surface area contributed by atoms with E-state index in [1.54, 1.807) is 0 Å². The van der Waals surface area contributed by atoms with Crippen molar-refractivity contribution in [3.8, 4) is 11.3 Å². The molecule has 146 valence electrons. The van der Waals surface area contributed by atoms with Crippen LogP contribution in [0.15, 0.2) is 66.9 Å². The highest BCUT2D eigenvalue weighted by molar-refractivity contribution is 5.62. The van der Waals surface area contributed by atoms with Crippen LogP contribution in [-0.2, 0) is 13.1 Å². The molecule has 0 bridgehead atoms. The Morgan fingerprint density at radius 2 is 1.57 bits per heavy atom. The molecule has 1 saturated heterocycles. The first-order valence-corrected chi connectivity index (χ1v) is 9.96. The van der Waals surface area contributed by atoms with Crippen LogP contribution in [0.5, 0.6) is 0 Å². The molecule has 2 aromatic carbocycles. The van der Waals surface area contributed by atoms with Crippen LogP contribution in [0.1, 0.15) is 24.0 Å². The van der Waals surface area contributed by atoms with Crippen LogP contribution in [0.2, 0.25) is 0 Å². The molecule has 5 heteroatoms. The zero-order valence-corrected chi connectivity index (χ0v) is 16.2. The van der Waals surface area contributed by atoms with Gasteiger partial charge in [0.15, 0.2) is 0 Å². The molecule has 1 aromatic heterocycles. The summed E-state index contributed by atoms with van der Waals surface area (Å²) < 4.78 is 2.03. The van der Waals surface area contributed by atoms with Gasteiger partial charge in [-0.1, -0.05) is 60.7 Å². The first kappa shape index (κ1) is 18.9. The van der Waals surface area contributed by atoms with Crippen molar-refractivity contribution in [3.05, 3.63) is 78.0 Å².